The van der Waals surface area contributed by atoms with E-state index in [9.17, 15) is 18.0 Å². The van der Waals surface area contributed by atoms with Gasteiger partial charge in [-0.05, 0) is 47.9 Å². The number of hydrogen-bond acceptors (Lipinski definition) is 6. The summed E-state index contributed by atoms with van der Waals surface area (Å²) in [5, 5.41) is 3.35. The standard InChI is InChI=1S/C35H38ClN3O6S/c1-4-21-37-35(41)31(22-26-13-7-5-8-14-26)38(24-27-15-11-12-18-30(27)36)34(40)25-39(46(42,43)29-16-9-6-10-17-29)28-19-20-32(44-2)33(23-28)45-3/h5-20,23,31H,4,21-22,24-25H2,1-3H3,(H,37,41)/t31-/m0/s1. The number of carbonyl (C=O) groups is 2. The predicted molar refractivity (Wildman–Crippen MR) is 180 cm³/mol. The molecule has 242 valence electrons. The molecule has 0 aliphatic carbocycles. The summed E-state index contributed by atoms with van der Waals surface area (Å²) in [7, 11) is -1.35. The van der Waals surface area contributed by atoms with Crippen molar-refractivity contribution in [3.63, 3.8) is 0 Å². The van der Waals surface area contributed by atoms with Crippen molar-refractivity contribution in [1.82, 2.24) is 10.2 Å². The lowest BCUT2D eigenvalue weighted by molar-refractivity contribution is -0.140. The van der Waals surface area contributed by atoms with Gasteiger partial charge in [0, 0.05) is 30.6 Å². The molecule has 0 aliphatic heterocycles. The fourth-order valence-corrected chi connectivity index (χ4v) is 6.58. The van der Waals surface area contributed by atoms with Gasteiger partial charge >= 0.3 is 0 Å². The van der Waals surface area contributed by atoms with Crippen LogP contribution in [0.5, 0.6) is 11.5 Å². The number of benzene rings is 4. The number of amides is 2. The first-order valence-corrected chi connectivity index (χ1v) is 16.7. The number of ether oxygens (including phenoxy) is 2. The molecule has 0 bridgehead atoms. The molecule has 2 amide bonds. The third kappa shape index (κ3) is 8.38. The van der Waals surface area contributed by atoms with Gasteiger partial charge in [-0.1, -0.05) is 85.3 Å². The van der Waals surface area contributed by atoms with Crippen LogP contribution in [0.25, 0.3) is 0 Å². The zero-order chi connectivity index (χ0) is 33.1. The maximum absolute atomic E-state index is 14.5. The predicted octanol–water partition coefficient (Wildman–Crippen LogP) is 5.72. The second kappa shape index (κ2) is 16.1. The van der Waals surface area contributed by atoms with Gasteiger partial charge in [-0.25, -0.2) is 8.42 Å². The summed E-state index contributed by atoms with van der Waals surface area (Å²) in [6.07, 6.45) is 0.902. The van der Waals surface area contributed by atoms with E-state index in [0.29, 0.717) is 29.3 Å². The fraction of sp³-hybridized carbons (Fsp3) is 0.257. The van der Waals surface area contributed by atoms with Crippen molar-refractivity contribution in [2.45, 2.75) is 37.2 Å². The van der Waals surface area contributed by atoms with Crippen LogP contribution >= 0.6 is 11.6 Å². The van der Waals surface area contributed by atoms with Gasteiger partial charge in [-0.15, -0.1) is 0 Å². The summed E-state index contributed by atoms with van der Waals surface area (Å²) < 4.78 is 40.2. The average Bonchev–Trinajstić information content (AvgIpc) is 3.08. The lowest BCUT2D eigenvalue weighted by atomic mass is 10.0. The Bertz CT molecular complexity index is 1720. The first-order valence-electron chi connectivity index (χ1n) is 14.8. The molecular weight excluding hydrogens is 626 g/mol. The number of halogens is 1. The van der Waals surface area contributed by atoms with Crippen molar-refractivity contribution < 1.29 is 27.5 Å². The second-order valence-electron chi connectivity index (χ2n) is 10.5. The molecule has 4 aromatic carbocycles. The minimum atomic E-state index is -4.26. The van der Waals surface area contributed by atoms with Crippen molar-refractivity contribution in [3.8, 4) is 11.5 Å². The molecule has 4 aromatic rings. The fourth-order valence-electron chi connectivity index (χ4n) is 4.96. The van der Waals surface area contributed by atoms with Crippen LogP contribution in [0.1, 0.15) is 24.5 Å². The Balaban J connectivity index is 1.83. The van der Waals surface area contributed by atoms with Crippen LogP contribution in [0.2, 0.25) is 5.02 Å². The molecule has 0 aromatic heterocycles. The highest BCUT2D eigenvalue weighted by Gasteiger charge is 2.35. The Labute approximate surface area is 275 Å². The van der Waals surface area contributed by atoms with E-state index >= 15 is 0 Å². The number of nitrogens with zero attached hydrogens (tertiary/aromatic N) is 2. The van der Waals surface area contributed by atoms with Gasteiger partial charge in [0.25, 0.3) is 10.0 Å². The van der Waals surface area contributed by atoms with E-state index in [1.54, 1.807) is 54.6 Å². The largest absolute Gasteiger partial charge is 0.493 e. The Morgan fingerprint density at radius 1 is 0.848 bits per heavy atom. The van der Waals surface area contributed by atoms with E-state index in [0.717, 1.165) is 9.87 Å². The summed E-state index contributed by atoms with van der Waals surface area (Å²) in [4.78, 5) is 29.7. The average molecular weight is 664 g/mol. The van der Waals surface area contributed by atoms with Crippen LogP contribution < -0.4 is 19.1 Å². The maximum atomic E-state index is 14.5. The minimum Gasteiger partial charge on any atom is -0.493 e. The summed E-state index contributed by atoms with van der Waals surface area (Å²) >= 11 is 6.55. The Morgan fingerprint density at radius 3 is 2.11 bits per heavy atom. The summed E-state index contributed by atoms with van der Waals surface area (Å²) in [5.41, 5.74) is 1.63. The zero-order valence-electron chi connectivity index (χ0n) is 26.1. The highest BCUT2D eigenvalue weighted by molar-refractivity contribution is 7.92. The van der Waals surface area contributed by atoms with Gasteiger partial charge in [-0.2, -0.15) is 0 Å². The maximum Gasteiger partial charge on any atom is 0.264 e. The number of rotatable bonds is 15. The Hall–Kier alpha value is -4.54. The molecule has 1 N–H and O–H groups in total. The molecule has 46 heavy (non-hydrogen) atoms. The molecule has 9 nitrogen and oxygen atoms in total. The van der Waals surface area contributed by atoms with Crippen LogP contribution in [0.4, 0.5) is 5.69 Å². The van der Waals surface area contributed by atoms with Crippen LogP contribution in [0, 0.1) is 0 Å². The molecule has 0 saturated carbocycles. The number of nitrogens with one attached hydrogen (secondary N) is 1. The molecule has 0 heterocycles. The van der Waals surface area contributed by atoms with Crippen molar-refractivity contribution in [2.24, 2.45) is 0 Å². The van der Waals surface area contributed by atoms with Gasteiger partial charge in [0.05, 0.1) is 24.8 Å². The third-order valence-electron chi connectivity index (χ3n) is 7.38. The van der Waals surface area contributed by atoms with E-state index in [1.807, 2.05) is 37.3 Å². The minimum absolute atomic E-state index is 0.00300. The van der Waals surface area contributed by atoms with Gasteiger partial charge < -0.3 is 19.7 Å². The zero-order valence-corrected chi connectivity index (χ0v) is 27.6. The quantitative estimate of drug-likeness (QED) is 0.175. The first kappa shape index (κ1) is 34.3. The third-order valence-corrected chi connectivity index (χ3v) is 9.54. The second-order valence-corrected chi connectivity index (χ2v) is 12.7. The van der Waals surface area contributed by atoms with Crippen LogP contribution in [0.15, 0.2) is 108 Å². The number of carbonyl (C=O) groups excluding carboxylic acids is 2. The smallest absolute Gasteiger partial charge is 0.264 e. The van der Waals surface area contributed by atoms with Crippen molar-refractivity contribution in [2.75, 3.05) is 31.6 Å². The van der Waals surface area contributed by atoms with Gasteiger partial charge in [-0.3, -0.25) is 13.9 Å². The molecule has 1 atom stereocenters. The highest BCUT2D eigenvalue weighted by Crippen LogP contribution is 2.34. The van der Waals surface area contributed by atoms with E-state index in [-0.39, 0.29) is 35.2 Å². The van der Waals surface area contributed by atoms with Gasteiger partial charge in [0.15, 0.2) is 11.5 Å². The lowest BCUT2D eigenvalue weighted by Gasteiger charge is -2.34. The van der Waals surface area contributed by atoms with Crippen molar-refractivity contribution >= 4 is 39.1 Å². The number of sulfonamides is 1. The normalized spacial score (nSPS) is 11.7. The topological polar surface area (TPSA) is 105 Å². The number of hydrogen-bond donors (Lipinski definition) is 1. The summed E-state index contributed by atoms with van der Waals surface area (Å²) in [6.45, 7) is 1.72. The highest BCUT2D eigenvalue weighted by atomic mass is 35.5. The molecule has 0 spiro atoms. The molecule has 0 radical (unpaired) electrons. The summed E-state index contributed by atoms with van der Waals surface area (Å²) in [6, 6.07) is 27.9. The van der Waals surface area contributed by atoms with Crippen molar-refractivity contribution in [1.29, 1.82) is 0 Å². The monoisotopic (exact) mass is 663 g/mol. The molecule has 0 saturated heterocycles. The van der Waals surface area contributed by atoms with Crippen molar-refractivity contribution in [3.05, 3.63) is 119 Å². The van der Waals surface area contributed by atoms with Crippen LogP contribution in [-0.4, -0.2) is 58.5 Å². The van der Waals surface area contributed by atoms with Crippen LogP contribution in [-0.2, 0) is 32.6 Å². The SMILES string of the molecule is CCCNC(=O)[C@H](Cc1ccccc1)N(Cc1ccccc1Cl)C(=O)CN(c1ccc(OC)c(OC)c1)S(=O)(=O)c1ccccc1. The molecular formula is C35H38ClN3O6S. The van der Waals surface area contributed by atoms with Gasteiger partial charge in [0.1, 0.15) is 12.6 Å². The molecule has 0 fully saturated rings. The molecule has 0 aliphatic rings. The Morgan fingerprint density at radius 2 is 1.48 bits per heavy atom. The van der Waals surface area contributed by atoms with E-state index in [1.165, 1.54) is 37.3 Å². The molecule has 4 rings (SSSR count). The van der Waals surface area contributed by atoms with Gasteiger partial charge in [0.2, 0.25) is 11.8 Å². The van der Waals surface area contributed by atoms with E-state index in [2.05, 4.69) is 5.32 Å². The molecule has 0 unspecified atom stereocenters. The number of anilines is 1. The lowest BCUT2D eigenvalue weighted by Crippen LogP contribution is -2.53. The number of methoxy groups -OCH3 is 2. The summed E-state index contributed by atoms with van der Waals surface area (Å²) in [5.74, 6) is -0.267. The van der Waals surface area contributed by atoms with E-state index in [4.69, 9.17) is 21.1 Å². The first-order chi connectivity index (χ1) is 22.2. The van der Waals surface area contributed by atoms with E-state index < -0.39 is 28.5 Å². The molecule has 11 heteroatoms. The van der Waals surface area contributed by atoms with Crippen LogP contribution in [0.3, 0.4) is 0 Å². The Kier molecular flexibility index (Phi) is 12.1.